The van der Waals surface area contributed by atoms with Crippen LogP contribution in [0.4, 0.5) is 0 Å². The van der Waals surface area contributed by atoms with Crippen molar-refractivity contribution >= 4 is 11.3 Å². The number of hydrogen-bond acceptors (Lipinski definition) is 4. The third-order valence-electron chi connectivity index (χ3n) is 3.11. The van der Waals surface area contributed by atoms with E-state index in [1.54, 1.807) is 11.3 Å². The highest BCUT2D eigenvalue weighted by Crippen LogP contribution is 2.27. The van der Waals surface area contributed by atoms with Crippen molar-refractivity contribution in [3.8, 4) is 5.75 Å². The molecule has 0 spiro atoms. The van der Waals surface area contributed by atoms with Crippen LogP contribution in [0.3, 0.4) is 0 Å². The summed E-state index contributed by atoms with van der Waals surface area (Å²) in [6.45, 7) is 6.76. The van der Waals surface area contributed by atoms with Gasteiger partial charge in [0, 0.05) is 17.0 Å². The molecule has 1 aromatic carbocycles. The van der Waals surface area contributed by atoms with Gasteiger partial charge in [-0.25, -0.2) is 4.98 Å². The number of hydrogen-bond donors (Lipinski definition) is 1. The standard InChI is InChI=1S/C15H20N2OS/c1-10-5-6-15(14(7-10)11(2)16-4)18-8-13-9-19-12(3)17-13/h5-7,9,11,16H,8H2,1-4H3. The minimum absolute atomic E-state index is 0.270. The maximum absolute atomic E-state index is 5.92. The Morgan fingerprint density at radius 3 is 2.79 bits per heavy atom. The fraction of sp³-hybridized carbons (Fsp3) is 0.400. The monoisotopic (exact) mass is 276 g/mol. The molecular weight excluding hydrogens is 256 g/mol. The maximum Gasteiger partial charge on any atom is 0.131 e. The number of aromatic nitrogens is 1. The summed E-state index contributed by atoms with van der Waals surface area (Å²) in [4.78, 5) is 4.42. The van der Waals surface area contributed by atoms with E-state index in [1.165, 1.54) is 11.1 Å². The van der Waals surface area contributed by atoms with Crippen LogP contribution in [0.1, 0.15) is 34.8 Å². The number of aryl methyl sites for hydroxylation is 2. The summed E-state index contributed by atoms with van der Waals surface area (Å²) >= 11 is 1.65. The van der Waals surface area contributed by atoms with Crippen LogP contribution in [0.25, 0.3) is 0 Å². The third kappa shape index (κ3) is 3.55. The molecule has 2 aromatic rings. The molecule has 0 bridgehead atoms. The van der Waals surface area contributed by atoms with Crippen LogP contribution in [0, 0.1) is 13.8 Å². The topological polar surface area (TPSA) is 34.1 Å². The van der Waals surface area contributed by atoms with Crippen molar-refractivity contribution < 1.29 is 4.74 Å². The highest BCUT2D eigenvalue weighted by molar-refractivity contribution is 7.09. The number of ether oxygens (including phenoxy) is 1. The summed E-state index contributed by atoms with van der Waals surface area (Å²) in [5, 5.41) is 6.38. The molecule has 0 aliphatic carbocycles. The van der Waals surface area contributed by atoms with E-state index in [2.05, 4.69) is 36.3 Å². The smallest absolute Gasteiger partial charge is 0.131 e. The summed E-state index contributed by atoms with van der Waals surface area (Å²) in [7, 11) is 1.96. The first-order chi connectivity index (χ1) is 9.10. The Balaban J connectivity index is 2.15. The second-order valence-electron chi connectivity index (χ2n) is 4.70. The zero-order valence-corrected chi connectivity index (χ0v) is 12.7. The number of nitrogens with zero attached hydrogens (tertiary/aromatic N) is 1. The Labute approximate surface area is 118 Å². The van der Waals surface area contributed by atoms with Gasteiger partial charge in [0.1, 0.15) is 12.4 Å². The minimum Gasteiger partial charge on any atom is -0.487 e. The van der Waals surface area contributed by atoms with Gasteiger partial charge in [-0.3, -0.25) is 0 Å². The van der Waals surface area contributed by atoms with Crippen molar-refractivity contribution in [1.29, 1.82) is 0 Å². The number of benzene rings is 1. The van der Waals surface area contributed by atoms with Gasteiger partial charge in [0.15, 0.2) is 0 Å². The van der Waals surface area contributed by atoms with E-state index in [0.717, 1.165) is 16.5 Å². The molecule has 0 aliphatic heterocycles. The van der Waals surface area contributed by atoms with E-state index in [1.807, 2.05) is 25.4 Å². The van der Waals surface area contributed by atoms with Crippen LogP contribution < -0.4 is 10.1 Å². The van der Waals surface area contributed by atoms with Gasteiger partial charge >= 0.3 is 0 Å². The molecule has 0 saturated carbocycles. The van der Waals surface area contributed by atoms with E-state index in [9.17, 15) is 0 Å². The van der Waals surface area contributed by atoms with Crippen molar-refractivity contribution in [1.82, 2.24) is 10.3 Å². The molecule has 2 rings (SSSR count). The summed E-state index contributed by atoms with van der Waals surface area (Å²) < 4.78 is 5.92. The second kappa shape index (κ2) is 6.17. The highest BCUT2D eigenvalue weighted by atomic mass is 32.1. The fourth-order valence-corrected chi connectivity index (χ4v) is 2.52. The predicted octanol–water partition coefficient (Wildman–Crippen LogP) is 3.62. The lowest BCUT2D eigenvalue weighted by Crippen LogP contribution is -2.14. The lowest BCUT2D eigenvalue weighted by molar-refractivity contribution is 0.296. The number of thiazole rings is 1. The average Bonchev–Trinajstić information content (AvgIpc) is 2.82. The molecular formula is C15H20N2OS. The minimum atomic E-state index is 0.270. The highest BCUT2D eigenvalue weighted by Gasteiger charge is 2.11. The molecule has 1 heterocycles. The molecule has 102 valence electrons. The van der Waals surface area contributed by atoms with Crippen LogP contribution in [-0.2, 0) is 6.61 Å². The quantitative estimate of drug-likeness (QED) is 0.905. The lowest BCUT2D eigenvalue weighted by atomic mass is 10.0. The van der Waals surface area contributed by atoms with Gasteiger partial charge in [-0.2, -0.15) is 0 Å². The molecule has 1 unspecified atom stereocenters. The van der Waals surface area contributed by atoms with Gasteiger partial charge in [0.25, 0.3) is 0 Å². The second-order valence-corrected chi connectivity index (χ2v) is 5.76. The van der Waals surface area contributed by atoms with Gasteiger partial charge in [-0.1, -0.05) is 17.7 Å². The Bertz CT molecular complexity index is 551. The van der Waals surface area contributed by atoms with Gasteiger partial charge in [-0.05, 0) is 33.9 Å². The zero-order valence-electron chi connectivity index (χ0n) is 11.9. The van der Waals surface area contributed by atoms with Crippen molar-refractivity contribution in [2.75, 3.05) is 7.05 Å². The largest absolute Gasteiger partial charge is 0.487 e. The van der Waals surface area contributed by atoms with E-state index in [0.29, 0.717) is 6.61 Å². The van der Waals surface area contributed by atoms with Gasteiger partial charge < -0.3 is 10.1 Å². The van der Waals surface area contributed by atoms with E-state index in [-0.39, 0.29) is 6.04 Å². The summed E-state index contributed by atoms with van der Waals surface area (Å²) in [5.74, 6) is 0.929. The Morgan fingerprint density at radius 1 is 1.37 bits per heavy atom. The van der Waals surface area contributed by atoms with E-state index >= 15 is 0 Å². The predicted molar refractivity (Wildman–Crippen MR) is 79.8 cm³/mol. The van der Waals surface area contributed by atoms with Gasteiger partial charge in [0.05, 0.1) is 10.7 Å². The molecule has 0 fully saturated rings. The van der Waals surface area contributed by atoms with Gasteiger partial charge in [-0.15, -0.1) is 11.3 Å². The normalized spacial score (nSPS) is 12.4. The molecule has 1 atom stereocenters. The molecule has 0 amide bonds. The molecule has 0 radical (unpaired) electrons. The first kappa shape index (κ1) is 14.0. The first-order valence-electron chi connectivity index (χ1n) is 6.41. The molecule has 0 aliphatic rings. The van der Waals surface area contributed by atoms with Gasteiger partial charge in [0.2, 0.25) is 0 Å². The van der Waals surface area contributed by atoms with Crippen molar-refractivity contribution in [3.05, 3.63) is 45.4 Å². The SMILES string of the molecule is CNC(C)c1cc(C)ccc1OCc1csc(C)n1. The van der Waals surface area contributed by atoms with E-state index in [4.69, 9.17) is 4.74 Å². The van der Waals surface area contributed by atoms with Crippen molar-refractivity contribution in [2.45, 2.75) is 33.4 Å². The fourth-order valence-electron chi connectivity index (χ4n) is 1.92. The molecule has 1 aromatic heterocycles. The average molecular weight is 276 g/mol. The maximum atomic E-state index is 5.92. The van der Waals surface area contributed by atoms with Crippen molar-refractivity contribution in [3.63, 3.8) is 0 Å². The van der Waals surface area contributed by atoms with Crippen molar-refractivity contribution in [2.24, 2.45) is 0 Å². The summed E-state index contributed by atoms with van der Waals surface area (Å²) in [5.41, 5.74) is 3.43. The molecule has 1 N–H and O–H groups in total. The number of rotatable bonds is 5. The Hall–Kier alpha value is -1.39. The summed E-state index contributed by atoms with van der Waals surface area (Å²) in [6, 6.07) is 6.56. The Kier molecular flexibility index (Phi) is 4.56. The molecule has 19 heavy (non-hydrogen) atoms. The van der Waals surface area contributed by atoms with Crippen LogP contribution in [0.2, 0.25) is 0 Å². The molecule has 4 heteroatoms. The zero-order chi connectivity index (χ0) is 13.8. The number of nitrogens with one attached hydrogen (secondary N) is 1. The summed E-state index contributed by atoms with van der Waals surface area (Å²) in [6.07, 6.45) is 0. The van der Waals surface area contributed by atoms with Crippen LogP contribution in [0.5, 0.6) is 5.75 Å². The van der Waals surface area contributed by atoms with Crippen LogP contribution in [-0.4, -0.2) is 12.0 Å². The Morgan fingerprint density at radius 2 is 2.16 bits per heavy atom. The van der Waals surface area contributed by atoms with Crippen LogP contribution in [0.15, 0.2) is 23.6 Å². The first-order valence-corrected chi connectivity index (χ1v) is 7.29. The van der Waals surface area contributed by atoms with Crippen LogP contribution >= 0.6 is 11.3 Å². The van der Waals surface area contributed by atoms with E-state index < -0.39 is 0 Å². The lowest BCUT2D eigenvalue weighted by Gasteiger charge is -2.17. The molecule has 0 saturated heterocycles. The third-order valence-corrected chi connectivity index (χ3v) is 3.93. The molecule has 3 nitrogen and oxygen atoms in total.